The molecule has 1 aromatic carbocycles. The van der Waals surface area contributed by atoms with E-state index in [1.807, 2.05) is 0 Å². The summed E-state index contributed by atoms with van der Waals surface area (Å²) in [5.41, 5.74) is 0.632. The van der Waals surface area contributed by atoms with E-state index in [1.54, 1.807) is 44.4 Å². The normalized spacial score (nSPS) is 11.2. The molecule has 0 fully saturated rings. The van der Waals surface area contributed by atoms with E-state index < -0.39 is 23.6 Å². The summed E-state index contributed by atoms with van der Waals surface area (Å²) in [5.74, 6) is -2.38. The first-order valence-electron chi connectivity index (χ1n) is 6.67. The topological polar surface area (TPSA) is 95.6 Å². The fourth-order valence-corrected chi connectivity index (χ4v) is 1.69. The van der Waals surface area contributed by atoms with Crippen LogP contribution in [0.5, 0.6) is 0 Å². The molecule has 1 atom stereocenters. The number of carbonyl (C=O) groups excluding carboxylic acids is 4. The molecule has 0 aliphatic rings. The summed E-state index contributed by atoms with van der Waals surface area (Å²) < 4.78 is 0. The lowest BCUT2D eigenvalue weighted by atomic mass is 10.1. The molecular formula is C15H19N3O4. The van der Waals surface area contributed by atoms with E-state index >= 15 is 0 Å². The van der Waals surface area contributed by atoms with Crippen molar-refractivity contribution < 1.29 is 19.2 Å². The first-order chi connectivity index (χ1) is 10.3. The summed E-state index contributed by atoms with van der Waals surface area (Å²) in [7, 11) is 3.17. The van der Waals surface area contributed by atoms with Gasteiger partial charge in [-0.05, 0) is 5.56 Å². The van der Waals surface area contributed by atoms with Crippen LogP contribution in [0.1, 0.15) is 18.5 Å². The summed E-state index contributed by atoms with van der Waals surface area (Å²) in [5, 5.41) is 4.73. The number of ketones is 1. The SMILES string of the molecule is CC(=O)C(=O)NCC(=O)N[C@H](C(=O)N(C)C)c1ccccc1. The highest BCUT2D eigenvalue weighted by Crippen LogP contribution is 2.14. The Balaban J connectivity index is 2.77. The molecule has 0 saturated carbocycles. The minimum absolute atomic E-state index is 0.294. The Kier molecular flexibility index (Phi) is 6.25. The van der Waals surface area contributed by atoms with Gasteiger partial charge < -0.3 is 15.5 Å². The lowest BCUT2D eigenvalue weighted by molar-refractivity contribution is -0.138. The number of carbonyl (C=O) groups is 4. The Morgan fingerprint density at radius 1 is 1.09 bits per heavy atom. The van der Waals surface area contributed by atoms with Gasteiger partial charge in [0.05, 0.1) is 6.54 Å². The summed E-state index contributed by atoms with van der Waals surface area (Å²) in [4.78, 5) is 47.4. The van der Waals surface area contributed by atoms with Crippen molar-refractivity contribution in [1.82, 2.24) is 15.5 Å². The van der Waals surface area contributed by atoms with E-state index in [0.29, 0.717) is 5.56 Å². The van der Waals surface area contributed by atoms with Crippen LogP contribution in [0.25, 0.3) is 0 Å². The first kappa shape index (κ1) is 17.4. The molecule has 0 unspecified atom stereocenters. The fourth-order valence-electron chi connectivity index (χ4n) is 1.69. The van der Waals surface area contributed by atoms with Crippen LogP contribution >= 0.6 is 0 Å². The average Bonchev–Trinajstić information content (AvgIpc) is 2.50. The second-order valence-corrected chi connectivity index (χ2v) is 4.88. The standard InChI is InChI=1S/C15H19N3O4/c1-10(19)14(21)16-9-12(20)17-13(15(22)18(2)3)11-7-5-4-6-8-11/h4-8,13H,9H2,1-3H3,(H,16,21)(H,17,20)/t13-/m0/s1. The van der Waals surface area contributed by atoms with Crippen molar-refractivity contribution in [2.24, 2.45) is 0 Å². The second-order valence-electron chi connectivity index (χ2n) is 4.88. The molecule has 7 nitrogen and oxygen atoms in total. The van der Waals surface area contributed by atoms with Gasteiger partial charge in [-0.15, -0.1) is 0 Å². The molecule has 7 heteroatoms. The molecule has 22 heavy (non-hydrogen) atoms. The van der Waals surface area contributed by atoms with Gasteiger partial charge in [-0.3, -0.25) is 19.2 Å². The van der Waals surface area contributed by atoms with E-state index in [2.05, 4.69) is 10.6 Å². The number of likely N-dealkylation sites (N-methyl/N-ethyl adjacent to an activating group) is 1. The quantitative estimate of drug-likeness (QED) is 0.701. The maximum Gasteiger partial charge on any atom is 0.287 e. The monoisotopic (exact) mass is 305 g/mol. The zero-order valence-electron chi connectivity index (χ0n) is 12.8. The van der Waals surface area contributed by atoms with Crippen molar-refractivity contribution in [3.63, 3.8) is 0 Å². The van der Waals surface area contributed by atoms with Crippen molar-refractivity contribution in [1.29, 1.82) is 0 Å². The lowest BCUT2D eigenvalue weighted by Gasteiger charge is -2.22. The maximum atomic E-state index is 12.2. The smallest absolute Gasteiger partial charge is 0.287 e. The summed E-state index contributed by atoms with van der Waals surface area (Å²) in [6.07, 6.45) is 0. The van der Waals surface area contributed by atoms with Crippen LogP contribution < -0.4 is 10.6 Å². The van der Waals surface area contributed by atoms with E-state index in [0.717, 1.165) is 6.92 Å². The highest BCUT2D eigenvalue weighted by atomic mass is 16.2. The highest BCUT2D eigenvalue weighted by Gasteiger charge is 2.24. The van der Waals surface area contributed by atoms with Crippen molar-refractivity contribution in [3.8, 4) is 0 Å². The number of Topliss-reactive ketones (excluding diaryl/α,β-unsaturated/α-hetero) is 1. The molecule has 2 N–H and O–H groups in total. The van der Waals surface area contributed by atoms with Gasteiger partial charge in [0.25, 0.3) is 5.91 Å². The predicted molar refractivity (Wildman–Crippen MR) is 79.7 cm³/mol. The van der Waals surface area contributed by atoms with Gasteiger partial charge in [-0.1, -0.05) is 30.3 Å². The van der Waals surface area contributed by atoms with Crippen molar-refractivity contribution in [3.05, 3.63) is 35.9 Å². The van der Waals surface area contributed by atoms with Gasteiger partial charge in [0.15, 0.2) is 0 Å². The van der Waals surface area contributed by atoms with Crippen LogP contribution in [0, 0.1) is 0 Å². The Hall–Kier alpha value is -2.70. The molecule has 0 bridgehead atoms. The molecule has 0 saturated heterocycles. The Labute approximate surface area is 128 Å². The minimum atomic E-state index is -0.849. The lowest BCUT2D eigenvalue weighted by Crippen LogP contribution is -2.44. The van der Waals surface area contributed by atoms with Gasteiger partial charge >= 0.3 is 0 Å². The summed E-state index contributed by atoms with van der Waals surface area (Å²) >= 11 is 0. The van der Waals surface area contributed by atoms with Gasteiger partial charge in [0.2, 0.25) is 17.6 Å². The van der Waals surface area contributed by atoms with Crippen molar-refractivity contribution in [2.75, 3.05) is 20.6 Å². The van der Waals surface area contributed by atoms with E-state index in [1.165, 1.54) is 4.90 Å². The summed E-state index contributed by atoms with van der Waals surface area (Å²) in [6, 6.07) is 7.92. The number of benzene rings is 1. The van der Waals surface area contributed by atoms with Crippen LogP contribution in [-0.2, 0) is 19.2 Å². The molecule has 0 spiro atoms. The number of nitrogens with one attached hydrogen (secondary N) is 2. The summed E-state index contributed by atoms with van der Waals surface area (Å²) in [6.45, 7) is 0.734. The molecule has 1 aromatic rings. The number of hydrogen-bond donors (Lipinski definition) is 2. The third-order valence-corrected chi connectivity index (χ3v) is 2.86. The third kappa shape index (κ3) is 5.01. The zero-order valence-corrected chi connectivity index (χ0v) is 12.8. The first-order valence-corrected chi connectivity index (χ1v) is 6.67. The molecule has 118 valence electrons. The minimum Gasteiger partial charge on any atom is -0.347 e. The molecule has 3 amide bonds. The second kappa shape index (κ2) is 7.92. The molecule has 0 radical (unpaired) electrons. The van der Waals surface area contributed by atoms with Crippen LogP contribution in [0.4, 0.5) is 0 Å². The molecule has 1 rings (SSSR count). The third-order valence-electron chi connectivity index (χ3n) is 2.86. The molecule has 0 aliphatic carbocycles. The van der Waals surface area contributed by atoms with Crippen LogP contribution in [0.15, 0.2) is 30.3 Å². The predicted octanol–water partition coefficient (Wildman–Crippen LogP) is -0.363. The van der Waals surface area contributed by atoms with E-state index in [9.17, 15) is 19.2 Å². The van der Waals surface area contributed by atoms with Crippen LogP contribution in [0.2, 0.25) is 0 Å². The molecule has 0 heterocycles. The Bertz CT molecular complexity index is 569. The van der Waals surface area contributed by atoms with Crippen LogP contribution in [0.3, 0.4) is 0 Å². The van der Waals surface area contributed by atoms with Crippen LogP contribution in [-0.4, -0.2) is 49.0 Å². The van der Waals surface area contributed by atoms with Crippen molar-refractivity contribution in [2.45, 2.75) is 13.0 Å². The van der Waals surface area contributed by atoms with E-state index in [4.69, 9.17) is 0 Å². The number of hydrogen-bond acceptors (Lipinski definition) is 4. The fraction of sp³-hybridized carbons (Fsp3) is 0.333. The number of rotatable bonds is 6. The Morgan fingerprint density at radius 3 is 2.18 bits per heavy atom. The number of nitrogens with zero attached hydrogens (tertiary/aromatic N) is 1. The van der Waals surface area contributed by atoms with E-state index in [-0.39, 0.29) is 12.5 Å². The van der Waals surface area contributed by atoms with Crippen molar-refractivity contribution >= 4 is 23.5 Å². The number of amides is 3. The molecule has 0 aromatic heterocycles. The van der Waals surface area contributed by atoms with Gasteiger partial charge in [0.1, 0.15) is 6.04 Å². The molecule has 0 aliphatic heterocycles. The zero-order chi connectivity index (χ0) is 16.7. The largest absolute Gasteiger partial charge is 0.347 e. The molecular weight excluding hydrogens is 286 g/mol. The maximum absolute atomic E-state index is 12.2. The highest BCUT2D eigenvalue weighted by molar-refractivity contribution is 6.35. The average molecular weight is 305 g/mol. The Morgan fingerprint density at radius 2 is 1.68 bits per heavy atom. The van der Waals surface area contributed by atoms with Gasteiger partial charge in [0, 0.05) is 21.0 Å². The van der Waals surface area contributed by atoms with Gasteiger partial charge in [-0.2, -0.15) is 0 Å². The van der Waals surface area contributed by atoms with Gasteiger partial charge in [-0.25, -0.2) is 0 Å².